The van der Waals surface area contributed by atoms with E-state index in [0.29, 0.717) is 30.9 Å². The van der Waals surface area contributed by atoms with Gasteiger partial charge in [0.1, 0.15) is 11.6 Å². The predicted molar refractivity (Wildman–Crippen MR) is 69.4 cm³/mol. The van der Waals surface area contributed by atoms with Crippen molar-refractivity contribution in [2.75, 3.05) is 20.3 Å². The van der Waals surface area contributed by atoms with Gasteiger partial charge in [0.25, 0.3) is 0 Å². The number of methoxy groups -OCH3 is 1. The van der Waals surface area contributed by atoms with Crippen LogP contribution in [0.5, 0.6) is 5.75 Å². The van der Waals surface area contributed by atoms with Crippen LogP contribution in [0, 0.1) is 5.82 Å². The van der Waals surface area contributed by atoms with E-state index in [1.54, 1.807) is 19.2 Å². The summed E-state index contributed by atoms with van der Waals surface area (Å²) in [5, 5.41) is 0. The summed E-state index contributed by atoms with van der Waals surface area (Å²) in [6.45, 7) is 1.30. The molecular formula is C15H17FO3. The summed E-state index contributed by atoms with van der Waals surface area (Å²) in [5.74, 6) is 0.000900. The van der Waals surface area contributed by atoms with Gasteiger partial charge in [0.2, 0.25) is 0 Å². The van der Waals surface area contributed by atoms with E-state index in [9.17, 15) is 4.39 Å². The summed E-state index contributed by atoms with van der Waals surface area (Å²) in [5.41, 5.74) is 1.62. The molecule has 2 aliphatic rings. The van der Waals surface area contributed by atoms with Crippen LogP contribution in [0.25, 0.3) is 5.57 Å². The van der Waals surface area contributed by atoms with E-state index in [0.717, 1.165) is 18.4 Å². The molecule has 1 aromatic carbocycles. The van der Waals surface area contributed by atoms with Gasteiger partial charge < -0.3 is 14.2 Å². The highest BCUT2D eigenvalue weighted by Gasteiger charge is 2.37. The Morgan fingerprint density at radius 1 is 1.26 bits per heavy atom. The van der Waals surface area contributed by atoms with Gasteiger partial charge in [0, 0.05) is 18.4 Å². The quantitative estimate of drug-likeness (QED) is 0.821. The molecule has 0 N–H and O–H groups in total. The van der Waals surface area contributed by atoms with Gasteiger partial charge in [-0.25, -0.2) is 4.39 Å². The number of rotatable bonds is 2. The van der Waals surface area contributed by atoms with Crippen LogP contribution in [0.15, 0.2) is 24.3 Å². The molecule has 0 atom stereocenters. The van der Waals surface area contributed by atoms with Crippen molar-refractivity contribution < 1.29 is 18.6 Å². The van der Waals surface area contributed by atoms with Crippen LogP contribution < -0.4 is 4.74 Å². The lowest BCUT2D eigenvalue weighted by Gasteiger charge is -2.30. The molecule has 1 aliphatic carbocycles. The number of allylic oxidation sites excluding steroid dienone is 1. The zero-order chi connectivity index (χ0) is 13.3. The molecule has 1 aromatic rings. The molecule has 1 spiro atoms. The zero-order valence-electron chi connectivity index (χ0n) is 10.9. The highest BCUT2D eigenvalue weighted by atomic mass is 19.1. The van der Waals surface area contributed by atoms with Crippen molar-refractivity contribution in [1.82, 2.24) is 0 Å². The van der Waals surface area contributed by atoms with Gasteiger partial charge in [-0.2, -0.15) is 0 Å². The Bertz CT molecular complexity index is 504. The predicted octanol–water partition coefficient (Wildman–Crippen LogP) is 3.14. The van der Waals surface area contributed by atoms with Crippen molar-refractivity contribution in [3.63, 3.8) is 0 Å². The van der Waals surface area contributed by atoms with Crippen molar-refractivity contribution in [2.24, 2.45) is 0 Å². The molecule has 0 bridgehead atoms. The number of hydrogen-bond donors (Lipinski definition) is 0. The summed E-state index contributed by atoms with van der Waals surface area (Å²) < 4.78 is 30.4. The first-order valence-corrected chi connectivity index (χ1v) is 6.53. The zero-order valence-corrected chi connectivity index (χ0v) is 10.9. The van der Waals surface area contributed by atoms with Crippen LogP contribution in [-0.2, 0) is 9.47 Å². The summed E-state index contributed by atoms with van der Waals surface area (Å²) in [6.07, 6.45) is 4.23. The highest BCUT2D eigenvalue weighted by molar-refractivity contribution is 5.68. The summed E-state index contributed by atoms with van der Waals surface area (Å²) in [7, 11) is 1.58. The topological polar surface area (TPSA) is 27.7 Å². The Kier molecular flexibility index (Phi) is 3.29. The first-order chi connectivity index (χ1) is 9.22. The first-order valence-electron chi connectivity index (χ1n) is 6.53. The van der Waals surface area contributed by atoms with Gasteiger partial charge >= 0.3 is 0 Å². The van der Waals surface area contributed by atoms with Crippen molar-refractivity contribution in [3.8, 4) is 5.75 Å². The van der Waals surface area contributed by atoms with Crippen LogP contribution in [0.3, 0.4) is 0 Å². The van der Waals surface area contributed by atoms with Gasteiger partial charge in [0.05, 0.1) is 20.3 Å². The molecule has 1 fully saturated rings. The smallest absolute Gasteiger partial charge is 0.172 e. The van der Waals surface area contributed by atoms with Crippen molar-refractivity contribution in [2.45, 2.75) is 25.0 Å². The van der Waals surface area contributed by atoms with Gasteiger partial charge in [-0.1, -0.05) is 6.08 Å². The van der Waals surface area contributed by atoms with Crippen LogP contribution in [0.2, 0.25) is 0 Å². The molecule has 0 saturated carbocycles. The Morgan fingerprint density at radius 3 is 2.68 bits per heavy atom. The van der Waals surface area contributed by atoms with Crippen LogP contribution in [0.1, 0.15) is 24.8 Å². The van der Waals surface area contributed by atoms with E-state index in [2.05, 4.69) is 0 Å². The molecule has 19 heavy (non-hydrogen) atoms. The number of benzene rings is 1. The monoisotopic (exact) mass is 264 g/mol. The standard InChI is InChI=1S/C15H17FO3/c1-17-12-2-3-14(16)13(10-12)11-4-6-15(7-5-11)18-8-9-19-15/h2-4,10H,5-9H2,1H3. The number of hydrogen-bond acceptors (Lipinski definition) is 3. The van der Waals surface area contributed by atoms with Crippen molar-refractivity contribution in [3.05, 3.63) is 35.7 Å². The average molecular weight is 264 g/mol. The van der Waals surface area contributed by atoms with Gasteiger partial charge in [-0.05, 0) is 30.2 Å². The number of ether oxygens (including phenoxy) is 3. The molecule has 1 heterocycles. The van der Waals surface area contributed by atoms with Crippen LogP contribution >= 0.6 is 0 Å². The fourth-order valence-electron chi connectivity index (χ4n) is 2.69. The Morgan fingerprint density at radius 2 is 2.05 bits per heavy atom. The van der Waals surface area contributed by atoms with Gasteiger partial charge in [-0.3, -0.25) is 0 Å². The molecule has 102 valence electrons. The van der Waals surface area contributed by atoms with Gasteiger partial charge in [0.15, 0.2) is 5.79 Å². The fourth-order valence-corrected chi connectivity index (χ4v) is 2.69. The minimum atomic E-state index is -0.459. The van der Waals surface area contributed by atoms with E-state index in [1.807, 2.05) is 6.08 Å². The molecule has 1 aliphatic heterocycles. The van der Waals surface area contributed by atoms with Gasteiger partial charge in [-0.15, -0.1) is 0 Å². The van der Waals surface area contributed by atoms with E-state index < -0.39 is 5.79 Å². The lowest BCUT2D eigenvalue weighted by atomic mass is 9.89. The Labute approximate surface area is 112 Å². The first kappa shape index (κ1) is 12.6. The average Bonchev–Trinajstić information content (AvgIpc) is 2.89. The largest absolute Gasteiger partial charge is 0.497 e. The summed E-state index contributed by atoms with van der Waals surface area (Å²) in [4.78, 5) is 0. The number of halogens is 1. The van der Waals surface area contributed by atoms with E-state index in [4.69, 9.17) is 14.2 Å². The molecule has 0 radical (unpaired) electrons. The highest BCUT2D eigenvalue weighted by Crippen LogP contribution is 2.39. The molecule has 0 aromatic heterocycles. The molecule has 0 unspecified atom stereocenters. The summed E-state index contributed by atoms with van der Waals surface area (Å²) >= 11 is 0. The minimum Gasteiger partial charge on any atom is -0.497 e. The fraction of sp³-hybridized carbons (Fsp3) is 0.467. The third kappa shape index (κ3) is 2.38. The lowest BCUT2D eigenvalue weighted by molar-refractivity contribution is -0.159. The maximum absolute atomic E-state index is 13.9. The normalized spacial score (nSPS) is 21.5. The van der Waals surface area contributed by atoms with Crippen LogP contribution in [0.4, 0.5) is 4.39 Å². The molecule has 1 saturated heterocycles. The SMILES string of the molecule is COc1ccc(F)c(C2=CCC3(CC2)OCCO3)c1. The maximum Gasteiger partial charge on any atom is 0.172 e. The van der Waals surface area contributed by atoms with Crippen molar-refractivity contribution in [1.29, 1.82) is 0 Å². The van der Waals surface area contributed by atoms with E-state index >= 15 is 0 Å². The maximum atomic E-state index is 13.9. The second-order valence-corrected chi connectivity index (χ2v) is 4.89. The second-order valence-electron chi connectivity index (χ2n) is 4.89. The third-order valence-corrected chi connectivity index (χ3v) is 3.77. The van der Waals surface area contributed by atoms with E-state index in [1.165, 1.54) is 6.07 Å². The molecule has 0 amide bonds. The third-order valence-electron chi connectivity index (χ3n) is 3.77. The minimum absolute atomic E-state index is 0.212. The second kappa shape index (κ2) is 4.94. The molecule has 4 heteroatoms. The van der Waals surface area contributed by atoms with Crippen molar-refractivity contribution >= 4 is 5.57 Å². The van der Waals surface area contributed by atoms with E-state index in [-0.39, 0.29) is 5.82 Å². The Balaban J connectivity index is 1.85. The molecule has 3 nitrogen and oxygen atoms in total. The molecule has 3 rings (SSSR count). The Hall–Kier alpha value is -1.39. The lowest BCUT2D eigenvalue weighted by Crippen LogP contribution is -2.31. The summed E-state index contributed by atoms with van der Waals surface area (Å²) in [6, 6.07) is 4.82. The molecular weight excluding hydrogens is 247 g/mol. The van der Waals surface area contributed by atoms with Crippen LogP contribution in [-0.4, -0.2) is 26.1 Å².